The lowest BCUT2D eigenvalue weighted by molar-refractivity contribution is 0.489. The van der Waals surface area contributed by atoms with Crippen LogP contribution in [0.15, 0.2) is 29.3 Å². The van der Waals surface area contributed by atoms with Crippen molar-refractivity contribution < 1.29 is 4.39 Å². The molecule has 0 radical (unpaired) electrons. The second kappa shape index (κ2) is 5.54. The highest BCUT2D eigenvalue weighted by atomic mass is 32.2. The highest BCUT2D eigenvalue weighted by molar-refractivity contribution is 8.13. The monoisotopic (exact) mass is 252 g/mol. The largest absolute Gasteiger partial charge is 0.362 e. The maximum Gasteiger partial charge on any atom is 0.157 e. The Bertz CT molecular complexity index is 420. The lowest BCUT2D eigenvalue weighted by Crippen LogP contribution is -2.41. The van der Waals surface area contributed by atoms with E-state index in [0.29, 0.717) is 24.1 Å². The standard InChI is InChI=1S/C13H17FN2S/c1-9-8-17-13(16-10(9)2)15-7-11-5-3-4-6-12(11)14/h3-6,9-10H,7-8H2,1-2H3,(H,15,16). The van der Waals surface area contributed by atoms with Gasteiger partial charge in [0.05, 0.1) is 6.54 Å². The van der Waals surface area contributed by atoms with Gasteiger partial charge in [0.1, 0.15) is 5.82 Å². The van der Waals surface area contributed by atoms with E-state index >= 15 is 0 Å². The maximum atomic E-state index is 13.4. The normalized spacial score (nSPS) is 26.9. The van der Waals surface area contributed by atoms with Crippen LogP contribution in [0.2, 0.25) is 0 Å². The molecule has 2 atom stereocenters. The Morgan fingerprint density at radius 3 is 2.88 bits per heavy atom. The van der Waals surface area contributed by atoms with Crippen molar-refractivity contribution in [3.8, 4) is 0 Å². The van der Waals surface area contributed by atoms with Crippen LogP contribution in [-0.2, 0) is 6.54 Å². The van der Waals surface area contributed by atoms with Crippen molar-refractivity contribution in [2.24, 2.45) is 10.9 Å². The molecule has 1 saturated heterocycles. The molecule has 4 heteroatoms. The minimum atomic E-state index is -0.181. The second-order valence-corrected chi connectivity index (χ2v) is 5.44. The zero-order valence-corrected chi connectivity index (χ0v) is 10.9. The van der Waals surface area contributed by atoms with Crippen molar-refractivity contribution in [3.63, 3.8) is 0 Å². The van der Waals surface area contributed by atoms with Gasteiger partial charge in [0, 0.05) is 17.4 Å². The predicted molar refractivity (Wildman–Crippen MR) is 71.8 cm³/mol. The zero-order valence-electron chi connectivity index (χ0n) is 10.1. The van der Waals surface area contributed by atoms with Crippen molar-refractivity contribution >= 4 is 16.9 Å². The summed E-state index contributed by atoms with van der Waals surface area (Å²) in [7, 11) is 0. The van der Waals surface area contributed by atoms with Crippen LogP contribution in [0.25, 0.3) is 0 Å². The van der Waals surface area contributed by atoms with Gasteiger partial charge in [0.25, 0.3) is 0 Å². The summed E-state index contributed by atoms with van der Waals surface area (Å²) < 4.78 is 13.4. The maximum absolute atomic E-state index is 13.4. The average Bonchev–Trinajstić information content (AvgIpc) is 2.32. The molecule has 0 amide bonds. The molecule has 0 bridgehead atoms. The molecular weight excluding hydrogens is 235 g/mol. The van der Waals surface area contributed by atoms with E-state index in [1.807, 2.05) is 6.07 Å². The number of halogens is 1. The van der Waals surface area contributed by atoms with E-state index in [-0.39, 0.29) is 5.82 Å². The Labute approximate surface area is 106 Å². The molecule has 1 N–H and O–H groups in total. The van der Waals surface area contributed by atoms with E-state index in [9.17, 15) is 4.39 Å². The van der Waals surface area contributed by atoms with Crippen LogP contribution in [0.3, 0.4) is 0 Å². The molecule has 1 aromatic rings. The van der Waals surface area contributed by atoms with Crippen molar-refractivity contribution in [3.05, 3.63) is 35.6 Å². The molecule has 1 aromatic carbocycles. The molecule has 0 aliphatic carbocycles. The Balaban J connectivity index is 2.00. The summed E-state index contributed by atoms with van der Waals surface area (Å²) in [6, 6.07) is 7.23. The van der Waals surface area contributed by atoms with Gasteiger partial charge >= 0.3 is 0 Å². The molecule has 1 aliphatic rings. The number of aliphatic imine (C=N–C) groups is 1. The number of nitrogens with one attached hydrogen (secondary N) is 1. The molecule has 92 valence electrons. The third-order valence-corrected chi connectivity index (χ3v) is 4.25. The first kappa shape index (κ1) is 12.4. The third-order valence-electron chi connectivity index (χ3n) is 3.04. The van der Waals surface area contributed by atoms with E-state index in [1.165, 1.54) is 6.07 Å². The summed E-state index contributed by atoms with van der Waals surface area (Å²) in [5, 5.41) is 4.28. The number of hydrogen-bond donors (Lipinski definition) is 1. The van der Waals surface area contributed by atoms with Crippen LogP contribution in [-0.4, -0.2) is 17.0 Å². The van der Waals surface area contributed by atoms with Gasteiger partial charge in [-0.25, -0.2) is 4.39 Å². The van der Waals surface area contributed by atoms with Crippen molar-refractivity contribution in [1.29, 1.82) is 0 Å². The first-order valence-corrected chi connectivity index (χ1v) is 6.82. The number of amidine groups is 1. The summed E-state index contributed by atoms with van der Waals surface area (Å²) in [4.78, 5) is 4.43. The molecule has 1 fully saturated rings. The van der Waals surface area contributed by atoms with E-state index < -0.39 is 0 Å². The van der Waals surface area contributed by atoms with Crippen LogP contribution >= 0.6 is 11.8 Å². The Morgan fingerprint density at radius 2 is 2.18 bits per heavy atom. The topological polar surface area (TPSA) is 24.4 Å². The average molecular weight is 252 g/mol. The fraction of sp³-hybridized carbons (Fsp3) is 0.462. The fourth-order valence-electron chi connectivity index (χ4n) is 1.61. The molecule has 2 unspecified atom stereocenters. The van der Waals surface area contributed by atoms with Gasteiger partial charge in [-0.1, -0.05) is 36.9 Å². The highest BCUT2D eigenvalue weighted by Gasteiger charge is 2.20. The summed E-state index contributed by atoms with van der Waals surface area (Å²) in [5.41, 5.74) is 0.647. The molecule has 0 saturated carbocycles. The molecule has 2 nitrogen and oxygen atoms in total. The lowest BCUT2D eigenvalue weighted by atomic mass is 10.1. The molecular formula is C13H17FN2S. The second-order valence-electron chi connectivity index (χ2n) is 4.43. The van der Waals surface area contributed by atoms with Crippen LogP contribution in [0.4, 0.5) is 4.39 Å². The Morgan fingerprint density at radius 1 is 1.41 bits per heavy atom. The molecule has 1 heterocycles. The van der Waals surface area contributed by atoms with Crippen LogP contribution in [0, 0.1) is 11.7 Å². The van der Waals surface area contributed by atoms with Gasteiger partial charge in [-0.2, -0.15) is 0 Å². The van der Waals surface area contributed by atoms with Crippen LogP contribution in [0.1, 0.15) is 19.4 Å². The smallest absolute Gasteiger partial charge is 0.157 e. The third kappa shape index (κ3) is 3.22. The summed E-state index contributed by atoms with van der Waals surface area (Å²) in [6.07, 6.45) is 0. The molecule has 0 aromatic heterocycles. The van der Waals surface area contributed by atoms with E-state index in [0.717, 1.165) is 10.9 Å². The van der Waals surface area contributed by atoms with E-state index in [1.54, 1.807) is 23.9 Å². The van der Waals surface area contributed by atoms with Gasteiger partial charge in [-0.15, -0.1) is 0 Å². The summed E-state index contributed by atoms with van der Waals surface area (Å²) in [5.74, 6) is 1.54. The van der Waals surface area contributed by atoms with Crippen molar-refractivity contribution in [1.82, 2.24) is 5.32 Å². The van der Waals surface area contributed by atoms with E-state index in [4.69, 9.17) is 0 Å². The van der Waals surface area contributed by atoms with Gasteiger partial charge in [0.15, 0.2) is 5.17 Å². The van der Waals surface area contributed by atoms with Crippen molar-refractivity contribution in [2.75, 3.05) is 5.75 Å². The predicted octanol–water partition coefficient (Wildman–Crippen LogP) is 3.04. The molecule has 1 aliphatic heterocycles. The summed E-state index contributed by atoms with van der Waals surface area (Å²) >= 11 is 1.72. The Hall–Kier alpha value is -1.03. The minimum Gasteiger partial charge on any atom is -0.362 e. The van der Waals surface area contributed by atoms with Gasteiger partial charge in [-0.3, -0.25) is 4.99 Å². The lowest BCUT2D eigenvalue weighted by Gasteiger charge is -2.28. The number of thioether (sulfide) groups is 1. The first-order valence-electron chi connectivity index (χ1n) is 5.84. The van der Waals surface area contributed by atoms with E-state index in [2.05, 4.69) is 24.2 Å². The Kier molecular flexibility index (Phi) is 4.05. The fourth-order valence-corrected chi connectivity index (χ4v) is 2.74. The number of rotatable bonds is 2. The SMILES string of the molecule is CC1CSC(=NCc2ccccc2F)NC1C. The number of nitrogens with zero attached hydrogens (tertiary/aromatic N) is 1. The van der Waals surface area contributed by atoms with Crippen molar-refractivity contribution in [2.45, 2.75) is 26.4 Å². The molecule has 0 spiro atoms. The number of benzene rings is 1. The van der Waals surface area contributed by atoms with Crippen LogP contribution < -0.4 is 5.32 Å². The van der Waals surface area contributed by atoms with Gasteiger partial charge in [0.2, 0.25) is 0 Å². The molecule has 17 heavy (non-hydrogen) atoms. The summed E-state index contributed by atoms with van der Waals surface area (Å²) in [6.45, 7) is 4.78. The highest BCUT2D eigenvalue weighted by Crippen LogP contribution is 2.20. The first-order chi connectivity index (χ1) is 8.16. The quantitative estimate of drug-likeness (QED) is 0.875. The number of hydrogen-bond acceptors (Lipinski definition) is 2. The zero-order chi connectivity index (χ0) is 12.3. The minimum absolute atomic E-state index is 0.181. The van der Waals surface area contributed by atoms with Crippen LogP contribution in [0.5, 0.6) is 0 Å². The molecule has 2 rings (SSSR count). The van der Waals surface area contributed by atoms with Gasteiger partial charge in [-0.05, 0) is 18.9 Å². The van der Waals surface area contributed by atoms with Gasteiger partial charge < -0.3 is 5.32 Å².